The van der Waals surface area contributed by atoms with Crippen molar-refractivity contribution in [2.45, 2.75) is 122 Å². The summed E-state index contributed by atoms with van der Waals surface area (Å²) in [5.41, 5.74) is -0.412. The molecule has 186 valence electrons. The quantitative estimate of drug-likeness (QED) is 0.485. The predicted octanol–water partition coefficient (Wildman–Crippen LogP) is 4.13. The normalized spacial score (nSPS) is 36.5. The molecular weight excluding hydrogens is 416 g/mol. The maximum absolute atomic E-state index is 13.4. The number of fused-ring (bicyclic) bond motifs is 2. The van der Waals surface area contributed by atoms with E-state index >= 15 is 0 Å². The molecule has 2 N–H and O–H groups in total. The topological polar surface area (TPSA) is 76.7 Å². The number of carbonyl (C=O) groups is 2. The minimum Gasteiger partial charge on any atom is -0.462 e. The lowest BCUT2D eigenvalue weighted by atomic mass is 9.79. The fourth-order valence-electron chi connectivity index (χ4n) is 7.57. The van der Waals surface area contributed by atoms with Crippen molar-refractivity contribution in [3.8, 4) is 0 Å². The lowest BCUT2D eigenvalue weighted by molar-refractivity contribution is -0.171. The van der Waals surface area contributed by atoms with E-state index < -0.39 is 11.8 Å². The summed E-state index contributed by atoms with van der Waals surface area (Å²) in [4.78, 5) is 26.9. The first-order valence-electron chi connectivity index (χ1n) is 12.7. The van der Waals surface area contributed by atoms with Gasteiger partial charge in [-0.15, -0.1) is 0 Å². The van der Waals surface area contributed by atoms with Crippen molar-refractivity contribution in [2.24, 2.45) is 23.7 Å². The van der Waals surface area contributed by atoms with Crippen molar-refractivity contribution < 1.29 is 19.1 Å². The summed E-state index contributed by atoms with van der Waals surface area (Å²) in [6.07, 6.45) is 7.84. The van der Waals surface area contributed by atoms with Gasteiger partial charge in [-0.05, 0) is 73.6 Å². The molecule has 2 saturated heterocycles. The third-order valence-corrected chi connectivity index (χ3v) is 7.87. The van der Waals surface area contributed by atoms with E-state index in [0.29, 0.717) is 0 Å². The van der Waals surface area contributed by atoms with Crippen LogP contribution in [-0.2, 0) is 19.1 Å². The summed E-state index contributed by atoms with van der Waals surface area (Å²) in [7, 11) is 0. The Morgan fingerprint density at radius 2 is 0.939 bits per heavy atom. The van der Waals surface area contributed by atoms with Crippen LogP contribution in [0, 0.1) is 23.7 Å². The third kappa shape index (κ3) is 5.48. The van der Waals surface area contributed by atoms with Crippen LogP contribution < -0.4 is 10.6 Å². The van der Waals surface area contributed by atoms with Crippen molar-refractivity contribution in [1.82, 2.24) is 10.6 Å². The monoisotopic (exact) mass is 460 g/mol. The number of carbonyl (C=O) groups excluding carboxylic acids is 2. The van der Waals surface area contributed by atoms with Crippen LogP contribution in [0.1, 0.15) is 87.5 Å². The third-order valence-electron chi connectivity index (χ3n) is 7.87. The van der Waals surface area contributed by atoms with E-state index in [-0.39, 0.29) is 58.1 Å². The molecule has 2 aliphatic carbocycles. The number of nitrogens with one attached hydrogen (secondary N) is 2. The second kappa shape index (κ2) is 8.08. The largest absolute Gasteiger partial charge is 0.462 e. The van der Waals surface area contributed by atoms with Crippen LogP contribution >= 0.6 is 0 Å². The lowest BCUT2D eigenvalue weighted by Gasteiger charge is -2.46. The minimum absolute atomic E-state index is 0.0729. The Labute approximate surface area is 199 Å². The van der Waals surface area contributed by atoms with Crippen LogP contribution in [0.15, 0.2) is 12.2 Å². The molecule has 0 aromatic carbocycles. The van der Waals surface area contributed by atoms with Crippen molar-refractivity contribution in [3.05, 3.63) is 12.2 Å². The Bertz CT molecular complexity index is 730. The van der Waals surface area contributed by atoms with E-state index in [9.17, 15) is 9.59 Å². The Morgan fingerprint density at radius 3 is 1.24 bits per heavy atom. The summed E-state index contributed by atoms with van der Waals surface area (Å²) in [6.45, 7) is 17.2. The van der Waals surface area contributed by atoms with Gasteiger partial charge in [0.2, 0.25) is 0 Å². The van der Waals surface area contributed by atoms with Crippen molar-refractivity contribution >= 4 is 11.9 Å². The summed E-state index contributed by atoms with van der Waals surface area (Å²) in [5, 5.41) is 7.27. The number of allylic oxidation sites excluding steroid dienone is 2. The molecule has 2 aliphatic heterocycles. The van der Waals surface area contributed by atoms with Crippen LogP contribution in [0.4, 0.5) is 0 Å². The fraction of sp³-hybridized carbons (Fsp3) is 0.852. The van der Waals surface area contributed by atoms with Gasteiger partial charge in [-0.1, -0.05) is 12.2 Å². The van der Waals surface area contributed by atoms with Crippen LogP contribution in [0.25, 0.3) is 0 Å². The molecule has 4 rings (SSSR count). The molecule has 0 aromatic heterocycles. The smallest absolute Gasteiger partial charge is 0.310 e. The molecule has 0 radical (unpaired) electrons. The summed E-state index contributed by atoms with van der Waals surface area (Å²) in [5.74, 6) is -1.17. The second-order valence-electron chi connectivity index (χ2n) is 13.7. The Balaban J connectivity index is 1.45. The van der Waals surface area contributed by atoms with Crippen LogP contribution in [0.5, 0.6) is 0 Å². The zero-order chi connectivity index (χ0) is 24.4. The highest BCUT2D eigenvalue weighted by molar-refractivity contribution is 5.84. The summed E-state index contributed by atoms with van der Waals surface area (Å²) in [6, 6.07) is 0. The molecule has 2 bridgehead atoms. The first kappa shape index (κ1) is 24.7. The average Bonchev–Trinajstić information content (AvgIpc) is 3.16. The molecule has 0 amide bonds. The summed E-state index contributed by atoms with van der Waals surface area (Å²) < 4.78 is 12.2. The van der Waals surface area contributed by atoms with E-state index in [0.717, 1.165) is 32.1 Å². The highest BCUT2D eigenvalue weighted by atomic mass is 16.6. The van der Waals surface area contributed by atoms with Crippen LogP contribution in [-0.4, -0.2) is 46.3 Å². The van der Waals surface area contributed by atoms with Gasteiger partial charge in [0.25, 0.3) is 0 Å². The molecule has 2 heterocycles. The van der Waals surface area contributed by atoms with Crippen molar-refractivity contribution in [3.63, 3.8) is 0 Å². The molecule has 0 unspecified atom stereocenters. The zero-order valence-corrected chi connectivity index (χ0v) is 21.8. The van der Waals surface area contributed by atoms with Gasteiger partial charge >= 0.3 is 11.9 Å². The maximum atomic E-state index is 13.4. The molecule has 3 fully saturated rings. The number of hydrogen-bond acceptors (Lipinski definition) is 6. The average molecular weight is 461 g/mol. The van der Waals surface area contributed by atoms with Crippen molar-refractivity contribution in [2.75, 3.05) is 0 Å². The summed E-state index contributed by atoms with van der Waals surface area (Å²) >= 11 is 0. The molecular formula is C27H44N2O4. The van der Waals surface area contributed by atoms with E-state index in [1.54, 1.807) is 0 Å². The highest BCUT2D eigenvalue weighted by Crippen LogP contribution is 2.50. The Hall–Kier alpha value is -1.40. The Morgan fingerprint density at radius 1 is 0.636 bits per heavy atom. The van der Waals surface area contributed by atoms with Gasteiger partial charge < -0.3 is 20.1 Å². The number of rotatable bonds is 4. The highest BCUT2D eigenvalue weighted by Gasteiger charge is 2.54. The maximum Gasteiger partial charge on any atom is 0.310 e. The molecule has 33 heavy (non-hydrogen) atoms. The molecule has 4 atom stereocenters. The minimum atomic E-state index is -0.434. The van der Waals surface area contributed by atoms with E-state index in [1.165, 1.54) is 0 Å². The van der Waals surface area contributed by atoms with Crippen LogP contribution in [0.2, 0.25) is 0 Å². The van der Waals surface area contributed by atoms with Crippen molar-refractivity contribution in [1.29, 1.82) is 0 Å². The number of esters is 2. The molecule has 0 aromatic rings. The first-order chi connectivity index (χ1) is 15.0. The van der Waals surface area contributed by atoms with Gasteiger partial charge in [0, 0.05) is 47.8 Å². The number of ether oxygens (including phenoxy) is 2. The Kier molecular flexibility index (Phi) is 6.05. The van der Waals surface area contributed by atoms with E-state index in [2.05, 4.69) is 78.2 Å². The van der Waals surface area contributed by atoms with E-state index in [4.69, 9.17) is 9.47 Å². The lowest BCUT2D eigenvalue weighted by Crippen LogP contribution is -2.60. The molecule has 0 spiro atoms. The molecule has 4 aliphatic rings. The zero-order valence-electron chi connectivity index (χ0n) is 21.8. The molecule has 6 heteroatoms. The van der Waals surface area contributed by atoms with Gasteiger partial charge in [0.15, 0.2) is 0 Å². The standard InChI is InChI=1S/C27H44N2O4/c1-24(2)12-18(13-25(3,4)28-24)32-22(30)20-16-9-10-17(11-16)21(20)23(31)33-19-14-26(5,6)29-27(7,8)15-19/h9-10,16-21,28-29H,11-15H2,1-8H3/t16-,17+,20-,21-/m1/s1. The van der Waals surface area contributed by atoms with Crippen LogP contribution in [0.3, 0.4) is 0 Å². The molecule has 6 nitrogen and oxygen atoms in total. The fourth-order valence-corrected chi connectivity index (χ4v) is 7.57. The predicted molar refractivity (Wildman–Crippen MR) is 129 cm³/mol. The SMILES string of the molecule is CC1(C)CC(OC(=O)[C@H]2[C@H](C(=O)OC3CC(C)(C)NC(C)(C)C3)[C@H]3C=C[C@@H]2C3)CC(C)(C)N1. The second-order valence-corrected chi connectivity index (χ2v) is 13.7. The van der Waals surface area contributed by atoms with Gasteiger partial charge in [-0.3, -0.25) is 9.59 Å². The number of hydrogen-bond donors (Lipinski definition) is 2. The van der Waals surface area contributed by atoms with E-state index in [1.807, 2.05) is 0 Å². The number of piperidine rings is 2. The molecule has 1 saturated carbocycles. The van der Waals surface area contributed by atoms with Gasteiger partial charge in [-0.25, -0.2) is 0 Å². The van der Waals surface area contributed by atoms with Gasteiger partial charge in [0.05, 0.1) is 11.8 Å². The van der Waals surface area contributed by atoms with Gasteiger partial charge in [0.1, 0.15) is 12.2 Å². The first-order valence-corrected chi connectivity index (χ1v) is 12.7. The van der Waals surface area contributed by atoms with Gasteiger partial charge in [-0.2, -0.15) is 0 Å².